The van der Waals surface area contributed by atoms with Crippen LogP contribution in [0.5, 0.6) is 0 Å². The topological polar surface area (TPSA) is 90.7 Å². The molecule has 198 valence electrons. The second-order valence-electron chi connectivity index (χ2n) is 10.1. The van der Waals surface area contributed by atoms with E-state index in [2.05, 4.69) is 63.3 Å². The second-order valence-corrected chi connectivity index (χ2v) is 14.2. The van der Waals surface area contributed by atoms with Gasteiger partial charge in [-0.15, -0.1) is 0 Å². The van der Waals surface area contributed by atoms with Gasteiger partial charge < -0.3 is 14.4 Å². The minimum atomic E-state index is -3.54. The number of anilines is 1. The Bertz CT molecular complexity index is 1340. The number of pyridine rings is 1. The molecule has 37 heavy (non-hydrogen) atoms. The van der Waals surface area contributed by atoms with Crippen molar-refractivity contribution in [1.82, 2.24) is 33.6 Å². The third-order valence-corrected chi connectivity index (χ3v) is 11.5. The maximum Gasteiger partial charge on any atom is 0.254 e. The first-order valence-electron chi connectivity index (χ1n) is 12.6. The molecule has 3 aromatic heterocycles. The molecule has 1 saturated carbocycles. The molecule has 0 bridgehead atoms. The molecule has 0 N–H and O–H groups in total. The molecular formula is C24H31BrN8O2S2. The van der Waals surface area contributed by atoms with Crippen LogP contribution in [0.1, 0.15) is 24.2 Å². The average Bonchev–Trinajstić information content (AvgIpc) is 3.30. The summed E-state index contributed by atoms with van der Waals surface area (Å²) < 4.78 is 31.9. The summed E-state index contributed by atoms with van der Waals surface area (Å²) >= 11 is 4.76. The number of aromatic nitrogens is 4. The van der Waals surface area contributed by atoms with Crippen LogP contribution in [0, 0.1) is 0 Å². The van der Waals surface area contributed by atoms with Crippen LogP contribution < -0.4 is 4.90 Å². The molecule has 13 heteroatoms. The molecule has 5 heterocycles. The summed E-state index contributed by atoms with van der Waals surface area (Å²) in [7, 11) is -1.44. The highest BCUT2D eigenvalue weighted by atomic mass is 79.9. The molecule has 10 nitrogen and oxygen atoms in total. The molecule has 0 aromatic carbocycles. The van der Waals surface area contributed by atoms with Gasteiger partial charge in [0.25, 0.3) is 10.0 Å². The molecule has 3 aromatic rings. The minimum Gasteiger partial charge on any atom is -0.345 e. The van der Waals surface area contributed by atoms with E-state index < -0.39 is 10.0 Å². The molecular weight excluding hydrogens is 576 g/mol. The monoisotopic (exact) mass is 606 g/mol. The maximum atomic E-state index is 13.4. The van der Waals surface area contributed by atoms with Crippen LogP contribution in [0.25, 0.3) is 0 Å². The number of nitrogens with zero attached hydrogens (tertiary/aromatic N) is 8. The largest absolute Gasteiger partial charge is 0.345 e. The molecule has 1 aliphatic carbocycles. The standard InChI is InChI=1S/C24H31BrN8O2S2/c1-29-6-10-31(11-7-29)23-28-16-22(36-23)37(34,35)32-12-8-30(9-13-32)17-20-15-26-18-33(20)24(4-5-24)21-3-2-19(25)14-27-21/h2-3,14-16,18H,4-13,17H2,1H3. The van der Waals surface area contributed by atoms with Gasteiger partial charge in [-0.1, -0.05) is 11.3 Å². The first kappa shape index (κ1) is 25.4. The van der Waals surface area contributed by atoms with E-state index in [1.165, 1.54) is 17.5 Å². The molecule has 0 unspecified atom stereocenters. The summed E-state index contributed by atoms with van der Waals surface area (Å²) in [6.45, 7) is 6.70. The van der Waals surface area contributed by atoms with E-state index in [0.717, 1.165) is 66.6 Å². The van der Waals surface area contributed by atoms with Crippen molar-refractivity contribution in [2.45, 2.75) is 29.1 Å². The van der Waals surface area contributed by atoms with Gasteiger partial charge in [-0.3, -0.25) is 9.88 Å². The van der Waals surface area contributed by atoms with Crippen molar-refractivity contribution in [3.8, 4) is 0 Å². The lowest BCUT2D eigenvalue weighted by molar-refractivity contribution is 0.177. The van der Waals surface area contributed by atoms with E-state index in [1.807, 2.05) is 24.8 Å². The highest BCUT2D eigenvalue weighted by molar-refractivity contribution is 9.10. The Kier molecular flexibility index (Phi) is 6.87. The third kappa shape index (κ3) is 4.97. The Labute approximate surface area is 230 Å². The lowest BCUT2D eigenvalue weighted by Gasteiger charge is -2.34. The lowest BCUT2D eigenvalue weighted by atomic mass is 10.1. The fourth-order valence-electron chi connectivity index (χ4n) is 5.21. The van der Waals surface area contributed by atoms with E-state index in [4.69, 9.17) is 0 Å². The number of halogens is 1. The van der Waals surface area contributed by atoms with Crippen molar-refractivity contribution in [3.05, 3.63) is 52.9 Å². The molecule has 3 aliphatic rings. The number of piperazine rings is 2. The number of hydrogen-bond acceptors (Lipinski definition) is 9. The van der Waals surface area contributed by atoms with Gasteiger partial charge in [-0.05, 0) is 48.0 Å². The third-order valence-electron chi connectivity index (χ3n) is 7.66. The smallest absolute Gasteiger partial charge is 0.254 e. The Morgan fingerprint density at radius 2 is 1.73 bits per heavy atom. The number of thiazole rings is 1. The molecule has 3 fully saturated rings. The van der Waals surface area contributed by atoms with Crippen LogP contribution in [0.2, 0.25) is 0 Å². The highest BCUT2D eigenvalue weighted by Crippen LogP contribution is 2.49. The fraction of sp³-hybridized carbons (Fsp3) is 0.542. The van der Waals surface area contributed by atoms with Crippen LogP contribution in [0.15, 0.2) is 45.7 Å². The van der Waals surface area contributed by atoms with E-state index in [0.29, 0.717) is 30.4 Å². The first-order valence-corrected chi connectivity index (χ1v) is 15.7. The second kappa shape index (κ2) is 10.0. The first-order chi connectivity index (χ1) is 17.8. The number of sulfonamides is 1. The predicted molar refractivity (Wildman–Crippen MR) is 146 cm³/mol. The van der Waals surface area contributed by atoms with Gasteiger partial charge in [0.15, 0.2) is 9.34 Å². The van der Waals surface area contributed by atoms with Crippen molar-refractivity contribution in [2.24, 2.45) is 0 Å². The predicted octanol–water partition coefficient (Wildman–Crippen LogP) is 2.29. The summed E-state index contributed by atoms with van der Waals surface area (Å²) in [5.41, 5.74) is 2.08. The zero-order valence-corrected chi connectivity index (χ0v) is 24.0. The highest BCUT2D eigenvalue weighted by Gasteiger charge is 2.48. The van der Waals surface area contributed by atoms with Crippen molar-refractivity contribution in [2.75, 3.05) is 64.3 Å². The normalized spacial score (nSPS) is 21.4. The fourth-order valence-corrected chi connectivity index (χ4v) is 8.20. The SMILES string of the molecule is CN1CCN(c2ncc(S(=O)(=O)N3CCN(Cc4cncn4C4(c5ccc(Br)cn5)CC4)CC3)s2)CC1. The summed E-state index contributed by atoms with van der Waals surface area (Å²) in [6, 6.07) is 4.12. The number of rotatable bonds is 7. The molecule has 6 rings (SSSR count). The quantitative estimate of drug-likeness (QED) is 0.405. The van der Waals surface area contributed by atoms with Gasteiger partial charge in [0, 0.05) is 75.8 Å². The van der Waals surface area contributed by atoms with Gasteiger partial charge >= 0.3 is 0 Å². The van der Waals surface area contributed by atoms with Gasteiger partial charge in [-0.2, -0.15) is 4.31 Å². The number of hydrogen-bond donors (Lipinski definition) is 0. The van der Waals surface area contributed by atoms with Crippen LogP contribution in [-0.2, 0) is 22.1 Å². The molecule has 2 saturated heterocycles. The van der Waals surface area contributed by atoms with Crippen molar-refractivity contribution in [1.29, 1.82) is 0 Å². The van der Waals surface area contributed by atoms with Gasteiger partial charge in [0.1, 0.15) is 0 Å². The summed E-state index contributed by atoms with van der Waals surface area (Å²) in [6.07, 6.45) is 9.31. The van der Waals surface area contributed by atoms with Crippen LogP contribution in [0.3, 0.4) is 0 Å². The Morgan fingerprint density at radius 3 is 2.41 bits per heavy atom. The van der Waals surface area contributed by atoms with Crippen molar-refractivity contribution >= 4 is 42.4 Å². The van der Waals surface area contributed by atoms with Crippen LogP contribution >= 0.6 is 27.3 Å². The average molecular weight is 608 g/mol. The number of likely N-dealkylation sites (N-methyl/N-ethyl adjacent to an activating group) is 1. The molecule has 0 atom stereocenters. The Balaban J connectivity index is 1.09. The lowest BCUT2D eigenvalue weighted by Crippen LogP contribution is -2.48. The van der Waals surface area contributed by atoms with Crippen LogP contribution in [0.4, 0.5) is 5.13 Å². The van der Waals surface area contributed by atoms with Crippen molar-refractivity contribution in [3.63, 3.8) is 0 Å². The molecule has 0 spiro atoms. The number of imidazole rings is 1. The van der Waals surface area contributed by atoms with E-state index in [1.54, 1.807) is 4.31 Å². The van der Waals surface area contributed by atoms with Crippen molar-refractivity contribution < 1.29 is 8.42 Å². The maximum absolute atomic E-state index is 13.4. The molecule has 2 aliphatic heterocycles. The molecule has 0 radical (unpaired) electrons. The van der Waals surface area contributed by atoms with E-state index in [9.17, 15) is 8.42 Å². The van der Waals surface area contributed by atoms with E-state index in [-0.39, 0.29) is 5.54 Å². The zero-order chi connectivity index (χ0) is 25.6. The zero-order valence-electron chi connectivity index (χ0n) is 20.8. The summed E-state index contributed by atoms with van der Waals surface area (Å²) in [5, 5.41) is 0.799. The minimum absolute atomic E-state index is 0.120. The Morgan fingerprint density at radius 1 is 0.973 bits per heavy atom. The van der Waals surface area contributed by atoms with Gasteiger partial charge in [-0.25, -0.2) is 18.4 Å². The van der Waals surface area contributed by atoms with E-state index >= 15 is 0 Å². The summed E-state index contributed by atoms with van der Waals surface area (Å²) in [4.78, 5) is 20.3. The van der Waals surface area contributed by atoms with Gasteiger partial charge in [0.2, 0.25) is 0 Å². The summed E-state index contributed by atoms with van der Waals surface area (Å²) in [5.74, 6) is 0. The molecule has 0 amide bonds. The van der Waals surface area contributed by atoms with Crippen LogP contribution in [-0.4, -0.2) is 101 Å². The van der Waals surface area contributed by atoms with Gasteiger partial charge in [0.05, 0.1) is 29.5 Å². The Hall–Kier alpha value is -1.90.